The summed E-state index contributed by atoms with van der Waals surface area (Å²) in [4.78, 5) is 3.95. The van der Waals surface area contributed by atoms with Gasteiger partial charge in [0, 0.05) is 7.05 Å². The molecule has 0 aliphatic heterocycles. The van der Waals surface area contributed by atoms with Gasteiger partial charge in [-0.2, -0.15) is 5.10 Å². The van der Waals surface area contributed by atoms with Gasteiger partial charge < -0.3 is 10.5 Å². The first-order valence-electron chi connectivity index (χ1n) is 3.62. The normalized spacial score (nSPS) is 10.2. The summed E-state index contributed by atoms with van der Waals surface area (Å²) in [6, 6.07) is 0. The van der Waals surface area contributed by atoms with Gasteiger partial charge in [-0.1, -0.05) is 11.3 Å². The molecule has 2 heterocycles. The van der Waals surface area contributed by atoms with Gasteiger partial charge in [0.05, 0.1) is 18.6 Å². The van der Waals surface area contributed by atoms with Crippen LogP contribution in [0.5, 0.6) is 10.9 Å². The third-order valence-corrected chi connectivity index (χ3v) is 2.09. The number of nitrogens with zero attached hydrogens (tertiary/aromatic N) is 3. The third kappa shape index (κ3) is 1.78. The van der Waals surface area contributed by atoms with E-state index in [1.165, 1.54) is 11.3 Å². The smallest absolute Gasteiger partial charge is 0.280 e. The van der Waals surface area contributed by atoms with Crippen LogP contribution in [0.2, 0.25) is 0 Å². The molecule has 0 unspecified atom stereocenters. The van der Waals surface area contributed by atoms with E-state index in [9.17, 15) is 0 Å². The minimum absolute atomic E-state index is 0.533. The molecular weight excluding hydrogens is 188 g/mol. The summed E-state index contributed by atoms with van der Waals surface area (Å²) in [6.07, 6.45) is 4.95. The van der Waals surface area contributed by atoms with Gasteiger partial charge >= 0.3 is 0 Å². The summed E-state index contributed by atoms with van der Waals surface area (Å²) >= 11 is 1.30. The number of ether oxygens (including phenoxy) is 1. The maximum atomic E-state index is 5.49. The Morgan fingerprint density at radius 3 is 2.92 bits per heavy atom. The van der Waals surface area contributed by atoms with E-state index in [1.54, 1.807) is 23.3 Å². The highest BCUT2D eigenvalue weighted by Gasteiger charge is 2.02. The Bertz CT molecular complexity index is 370. The Kier molecular flexibility index (Phi) is 1.90. The van der Waals surface area contributed by atoms with Crippen LogP contribution < -0.4 is 10.5 Å². The van der Waals surface area contributed by atoms with Gasteiger partial charge in [0.2, 0.25) is 0 Å². The van der Waals surface area contributed by atoms with Crippen molar-refractivity contribution in [2.45, 2.75) is 0 Å². The van der Waals surface area contributed by atoms with Crippen molar-refractivity contribution in [2.75, 3.05) is 5.73 Å². The second kappa shape index (κ2) is 3.06. The van der Waals surface area contributed by atoms with Gasteiger partial charge in [-0.05, 0) is 0 Å². The molecule has 0 aliphatic carbocycles. The number of aryl methyl sites for hydroxylation is 1. The van der Waals surface area contributed by atoms with E-state index in [4.69, 9.17) is 10.5 Å². The van der Waals surface area contributed by atoms with Gasteiger partial charge in [0.25, 0.3) is 5.19 Å². The van der Waals surface area contributed by atoms with Crippen molar-refractivity contribution < 1.29 is 4.74 Å². The van der Waals surface area contributed by atoms with E-state index in [0.717, 1.165) is 0 Å². The van der Waals surface area contributed by atoms with E-state index in [0.29, 0.717) is 15.9 Å². The van der Waals surface area contributed by atoms with E-state index in [-0.39, 0.29) is 0 Å². The zero-order chi connectivity index (χ0) is 9.26. The molecule has 2 N–H and O–H groups in total. The molecular formula is C7H8N4OS. The van der Waals surface area contributed by atoms with Gasteiger partial charge in [0.1, 0.15) is 5.00 Å². The number of nitrogen functional groups attached to an aromatic ring is 1. The molecule has 5 nitrogen and oxygen atoms in total. The molecule has 0 aliphatic rings. The lowest BCUT2D eigenvalue weighted by molar-refractivity contribution is 0.478. The van der Waals surface area contributed by atoms with Crippen LogP contribution in [-0.4, -0.2) is 14.8 Å². The van der Waals surface area contributed by atoms with Crippen LogP contribution in [0.3, 0.4) is 0 Å². The zero-order valence-electron chi connectivity index (χ0n) is 6.97. The molecule has 68 valence electrons. The lowest BCUT2D eigenvalue weighted by Crippen LogP contribution is -1.84. The van der Waals surface area contributed by atoms with E-state index < -0.39 is 0 Å². The minimum Gasteiger partial charge on any atom is -0.427 e. The molecule has 2 aromatic rings. The number of hydrogen-bond acceptors (Lipinski definition) is 5. The molecule has 0 atom stereocenters. The number of nitrogens with two attached hydrogens (primary N) is 1. The highest BCUT2D eigenvalue weighted by molar-refractivity contribution is 7.17. The van der Waals surface area contributed by atoms with Crippen LogP contribution in [0.4, 0.5) is 5.00 Å². The van der Waals surface area contributed by atoms with Crippen molar-refractivity contribution in [3.8, 4) is 10.9 Å². The Hall–Kier alpha value is -1.56. The first-order chi connectivity index (χ1) is 6.24. The first kappa shape index (κ1) is 8.06. The number of aromatic nitrogens is 3. The molecule has 13 heavy (non-hydrogen) atoms. The third-order valence-electron chi connectivity index (χ3n) is 1.39. The SMILES string of the molecule is Cn1cc(Oc2ncc(N)s2)cn1. The largest absolute Gasteiger partial charge is 0.427 e. The van der Waals surface area contributed by atoms with Crippen molar-refractivity contribution in [1.82, 2.24) is 14.8 Å². The van der Waals surface area contributed by atoms with Crippen LogP contribution in [-0.2, 0) is 7.05 Å². The molecule has 0 bridgehead atoms. The number of anilines is 1. The average Bonchev–Trinajstić information content (AvgIpc) is 2.62. The topological polar surface area (TPSA) is 66.0 Å². The fraction of sp³-hybridized carbons (Fsp3) is 0.143. The van der Waals surface area contributed by atoms with Crippen molar-refractivity contribution in [3.63, 3.8) is 0 Å². The molecule has 0 radical (unpaired) electrons. The van der Waals surface area contributed by atoms with Gasteiger partial charge in [-0.25, -0.2) is 4.98 Å². The van der Waals surface area contributed by atoms with Crippen LogP contribution >= 0.6 is 11.3 Å². The minimum atomic E-state index is 0.533. The Balaban J connectivity index is 2.14. The van der Waals surface area contributed by atoms with Crippen LogP contribution in [0.15, 0.2) is 18.6 Å². The standard InChI is InChI=1S/C7H8N4OS/c1-11-4-5(2-10-11)12-7-9-3-6(8)13-7/h2-4H,8H2,1H3. The molecule has 2 aromatic heterocycles. The number of hydrogen-bond donors (Lipinski definition) is 1. The fourth-order valence-corrected chi connectivity index (χ4v) is 1.42. The van der Waals surface area contributed by atoms with Crippen LogP contribution in [0.25, 0.3) is 0 Å². The lowest BCUT2D eigenvalue weighted by atomic mass is 10.7. The summed E-state index contributed by atoms with van der Waals surface area (Å²) < 4.78 is 7.02. The summed E-state index contributed by atoms with van der Waals surface area (Å²) in [5.74, 6) is 0.664. The summed E-state index contributed by atoms with van der Waals surface area (Å²) in [7, 11) is 1.82. The van der Waals surface area contributed by atoms with Crippen molar-refractivity contribution in [2.24, 2.45) is 7.05 Å². The quantitative estimate of drug-likeness (QED) is 0.785. The van der Waals surface area contributed by atoms with Crippen molar-refractivity contribution in [3.05, 3.63) is 18.6 Å². The van der Waals surface area contributed by atoms with Crippen molar-refractivity contribution in [1.29, 1.82) is 0 Å². The Morgan fingerprint density at radius 2 is 2.38 bits per heavy atom. The number of thiazole rings is 1. The molecule has 0 saturated heterocycles. The van der Waals surface area contributed by atoms with Gasteiger partial charge in [-0.3, -0.25) is 4.68 Å². The van der Waals surface area contributed by atoms with Crippen molar-refractivity contribution >= 4 is 16.3 Å². The highest BCUT2D eigenvalue weighted by atomic mass is 32.1. The molecule has 0 spiro atoms. The molecule has 0 amide bonds. The monoisotopic (exact) mass is 196 g/mol. The first-order valence-corrected chi connectivity index (χ1v) is 4.43. The van der Waals surface area contributed by atoms with E-state index in [1.807, 2.05) is 7.05 Å². The van der Waals surface area contributed by atoms with E-state index in [2.05, 4.69) is 10.1 Å². The molecule has 0 fully saturated rings. The average molecular weight is 196 g/mol. The maximum Gasteiger partial charge on any atom is 0.280 e. The second-order valence-corrected chi connectivity index (χ2v) is 3.51. The summed E-state index contributed by atoms with van der Waals surface area (Å²) in [5, 5.41) is 5.13. The predicted octanol–water partition coefficient (Wildman–Crippen LogP) is 1.25. The lowest BCUT2D eigenvalue weighted by Gasteiger charge is -1.94. The zero-order valence-corrected chi connectivity index (χ0v) is 7.78. The second-order valence-electron chi connectivity index (χ2n) is 2.48. The fourth-order valence-electron chi connectivity index (χ4n) is 0.869. The van der Waals surface area contributed by atoms with Crippen LogP contribution in [0.1, 0.15) is 0 Å². The van der Waals surface area contributed by atoms with Crippen LogP contribution in [0, 0.1) is 0 Å². The Morgan fingerprint density at radius 1 is 1.54 bits per heavy atom. The molecule has 0 aromatic carbocycles. The number of rotatable bonds is 2. The Labute approximate surface area is 78.8 Å². The molecule has 6 heteroatoms. The van der Waals surface area contributed by atoms with Gasteiger partial charge in [0.15, 0.2) is 5.75 Å². The molecule has 0 saturated carbocycles. The predicted molar refractivity (Wildman–Crippen MR) is 49.8 cm³/mol. The van der Waals surface area contributed by atoms with Gasteiger partial charge in [-0.15, -0.1) is 0 Å². The maximum absolute atomic E-state index is 5.49. The summed E-state index contributed by atoms with van der Waals surface area (Å²) in [5.41, 5.74) is 5.49. The van der Waals surface area contributed by atoms with E-state index >= 15 is 0 Å². The molecule has 2 rings (SSSR count). The summed E-state index contributed by atoms with van der Waals surface area (Å²) in [6.45, 7) is 0. The highest BCUT2D eigenvalue weighted by Crippen LogP contribution is 2.26.